The zero-order chi connectivity index (χ0) is 19.1. The van der Waals surface area contributed by atoms with E-state index in [1.165, 1.54) is 5.39 Å². The Morgan fingerprint density at radius 1 is 0.893 bits per heavy atom. The first-order chi connectivity index (χ1) is 13.8. The molecule has 0 atom stereocenters. The van der Waals surface area contributed by atoms with E-state index < -0.39 is 0 Å². The normalized spacial score (nSPS) is 11.5. The second-order valence-electron chi connectivity index (χ2n) is 7.09. The Bertz CT molecular complexity index is 1380. The quantitative estimate of drug-likeness (QED) is 0.300. The lowest BCUT2D eigenvalue weighted by Gasteiger charge is -2.17. The first-order valence-electron chi connectivity index (χ1n) is 9.68. The van der Waals surface area contributed by atoms with E-state index in [1.54, 1.807) is 6.20 Å². The first-order valence-corrected chi connectivity index (χ1v) is 9.68. The van der Waals surface area contributed by atoms with E-state index in [-0.39, 0.29) is 5.56 Å². The number of fused-ring (bicyclic) bond motifs is 4. The van der Waals surface area contributed by atoms with Gasteiger partial charge in [-0.25, -0.2) is 0 Å². The Morgan fingerprint density at radius 3 is 2.46 bits per heavy atom. The van der Waals surface area contributed by atoms with E-state index in [0.29, 0.717) is 11.9 Å². The van der Waals surface area contributed by atoms with Gasteiger partial charge in [-0.3, -0.25) is 9.78 Å². The number of benzene rings is 3. The van der Waals surface area contributed by atoms with Crippen LogP contribution in [0.15, 0.2) is 83.8 Å². The number of rotatable bonds is 3. The van der Waals surface area contributed by atoms with Crippen LogP contribution in [0.25, 0.3) is 43.7 Å². The summed E-state index contributed by atoms with van der Waals surface area (Å²) in [5.74, 6) is 0. The summed E-state index contributed by atoms with van der Waals surface area (Å²) in [5, 5.41) is 4.03. The largest absolute Gasteiger partial charge is 0.308 e. The molecule has 0 bridgehead atoms. The number of aromatic nitrogens is 2. The molecule has 0 unspecified atom stereocenters. The van der Waals surface area contributed by atoms with Crippen molar-refractivity contribution in [3.63, 3.8) is 0 Å². The zero-order valence-electron chi connectivity index (χ0n) is 15.7. The monoisotopic (exact) mass is 364 g/mol. The third-order valence-electron chi connectivity index (χ3n) is 5.35. The summed E-state index contributed by atoms with van der Waals surface area (Å²) in [6, 6.07) is 24.7. The molecule has 0 aliphatic heterocycles. The van der Waals surface area contributed by atoms with Crippen molar-refractivity contribution in [1.29, 1.82) is 0 Å². The predicted molar refractivity (Wildman–Crippen MR) is 117 cm³/mol. The highest BCUT2D eigenvalue weighted by Gasteiger charge is 2.18. The molecule has 0 radical (unpaired) electrons. The molecule has 5 rings (SSSR count). The highest BCUT2D eigenvalue weighted by Crippen LogP contribution is 2.38. The minimum Gasteiger partial charge on any atom is -0.308 e. The second kappa shape index (κ2) is 6.61. The minimum atomic E-state index is 0.0340. The van der Waals surface area contributed by atoms with Gasteiger partial charge in [0.1, 0.15) is 0 Å². The van der Waals surface area contributed by atoms with Crippen molar-refractivity contribution in [2.75, 3.05) is 0 Å². The average molecular weight is 364 g/mol. The van der Waals surface area contributed by atoms with Crippen LogP contribution in [0, 0.1) is 0 Å². The van der Waals surface area contributed by atoms with Gasteiger partial charge >= 0.3 is 0 Å². The Kier molecular flexibility index (Phi) is 3.94. The molecule has 0 spiro atoms. The smallest absolute Gasteiger partial charge is 0.260 e. The minimum absolute atomic E-state index is 0.0340. The van der Waals surface area contributed by atoms with Gasteiger partial charge in [0.05, 0.1) is 16.4 Å². The summed E-state index contributed by atoms with van der Waals surface area (Å²) < 4.78 is 1.91. The van der Waals surface area contributed by atoms with Gasteiger partial charge in [0.2, 0.25) is 0 Å². The summed E-state index contributed by atoms with van der Waals surface area (Å²) in [6.07, 6.45) is 2.67. The SMILES string of the molecule is CCCn1c(=O)c2cccnc2c2c(-c3ccccc3)c3ccccc3cc21. The van der Waals surface area contributed by atoms with Gasteiger partial charge in [-0.1, -0.05) is 61.5 Å². The average Bonchev–Trinajstić information content (AvgIpc) is 2.76. The molecule has 0 fully saturated rings. The molecule has 136 valence electrons. The van der Waals surface area contributed by atoms with Crippen LogP contribution in [0.3, 0.4) is 0 Å². The van der Waals surface area contributed by atoms with Crippen LogP contribution >= 0.6 is 0 Å². The maximum Gasteiger partial charge on any atom is 0.260 e. The number of pyridine rings is 2. The maximum absolute atomic E-state index is 13.2. The fourth-order valence-corrected chi connectivity index (χ4v) is 4.17. The Hall–Kier alpha value is -3.46. The van der Waals surface area contributed by atoms with Gasteiger partial charge in [-0.15, -0.1) is 0 Å². The fourth-order valence-electron chi connectivity index (χ4n) is 4.17. The highest BCUT2D eigenvalue weighted by molar-refractivity contribution is 6.19. The van der Waals surface area contributed by atoms with Crippen LogP contribution in [0.1, 0.15) is 13.3 Å². The van der Waals surface area contributed by atoms with Crippen LogP contribution < -0.4 is 5.56 Å². The lowest BCUT2D eigenvalue weighted by molar-refractivity contribution is 0.683. The maximum atomic E-state index is 13.2. The van der Waals surface area contributed by atoms with Crippen LogP contribution in [0.2, 0.25) is 0 Å². The second-order valence-corrected chi connectivity index (χ2v) is 7.09. The van der Waals surface area contributed by atoms with E-state index in [4.69, 9.17) is 0 Å². The number of hydrogen-bond donors (Lipinski definition) is 0. The van der Waals surface area contributed by atoms with Crippen molar-refractivity contribution in [3.05, 3.63) is 89.3 Å². The van der Waals surface area contributed by atoms with Gasteiger partial charge in [0.25, 0.3) is 5.56 Å². The summed E-state index contributed by atoms with van der Waals surface area (Å²) >= 11 is 0. The lowest BCUT2D eigenvalue weighted by Crippen LogP contribution is -2.21. The molecule has 0 saturated carbocycles. The Labute approximate surface area is 162 Å². The Balaban J connectivity index is 2.13. The van der Waals surface area contributed by atoms with Crippen molar-refractivity contribution in [3.8, 4) is 11.1 Å². The number of nitrogens with zero attached hydrogens (tertiary/aromatic N) is 2. The first kappa shape index (κ1) is 16.7. The number of aryl methyl sites for hydroxylation is 1. The third-order valence-corrected chi connectivity index (χ3v) is 5.35. The van der Waals surface area contributed by atoms with E-state index in [1.807, 2.05) is 28.8 Å². The molecular weight excluding hydrogens is 344 g/mol. The van der Waals surface area contributed by atoms with Gasteiger partial charge < -0.3 is 4.57 Å². The molecule has 2 aromatic heterocycles. The molecule has 3 nitrogen and oxygen atoms in total. The summed E-state index contributed by atoms with van der Waals surface area (Å²) in [4.78, 5) is 17.9. The molecule has 28 heavy (non-hydrogen) atoms. The van der Waals surface area contributed by atoms with E-state index in [0.717, 1.165) is 39.4 Å². The van der Waals surface area contributed by atoms with Crippen molar-refractivity contribution < 1.29 is 0 Å². The summed E-state index contributed by atoms with van der Waals surface area (Å²) in [6.45, 7) is 2.79. The van der Waals surface area contributed by atoms with Crippen molar-refractivity contribution in [1.82, 2.24) is 9.55 Å². The van der Waals surface area contributed by atoms with Gasteiger partial charge in [-0.05, 0) is 41.0 Å². The molecule has 3 aromatic carbocycles. The zero-order valence-corrected chi connectivity index (χ0v) is 15.7. The molecule has 5 aromatic rings. The van der Waals surface area contributed by atoms with E-state index >= 15 is 0 Å². The third kappa shape index (κ3) is 2.43. The molecule has 0 aliphatic carbocycles. The molecule has 0 amide bonds. The Morgan fingerprint density at radius 2 is 1.64 bits per heavy atom. The van der Waals surface area contributed by atoms with Crippen LogP contribution in [-0.2, 0) is 6.54 Å². The molecule has 2 heterocycles. The summed E-state index contributed by atoms with van der Waals surface area (Å²) in [7, 11) is 0. The van der Waals surface area contributed by atoms with Crippen LogP contribution in [0.5, 0.6) is 0 Å². The van der Waals surface area contributed by atoms with E-state index in [2.05, 4.69) is 60.4 Å². The van der Waals surface area contributed by atoms with Gasteiger partial charge in [-0.2, -0.15) is 0 Å². The molecule has 0 N–H and O–H groups in total. The molecular formula is C25H20N2O. The lowest BCUT2D eigenvalue weighted by atomic mass is 9.92. The summed E-state index contributed by atoms with van der Waals surface area (Å²) in [5.41, 5.74) is 4.04. The van der Waals surface area contributed by atoms with E-state index in [9.17, 15) is 4.79 Å². The topological polar surface area (TPSA) is 34.9 Å². The van der Waals surface area contributed by atoms with Gasteiger partial charge in [0, 0.05) is 23.7 Å². The molecule has 0 aliphatic rings. The predicted octanol–water partition coefficient (Wildman–Crippen LogP) is 5.78. The molecule has 3 heteroatoms. The number of hydrogen-bond acceptors (Lipinski definition) is 2. The standard InChI is InChI=1S/C25H20N2O/c1-2-15-27-21-16-18-11-6-7-12-19(18)22(17-9-4-3-5-10-17)23(21)24-20(25(27)28)13-8-14-26-24/h3-14,16H,2,15H2,1H3. The van der Waals surface area contributed by atoms with Crippen molar-refractivity contribution in [2.24, 2.45) is 0 Å². The van der Waals surface area contributed by atoms with Crippen molar-refractivity contribution >= 4 is 32.6 Å². The molecule has 0 saturated heterocycles. The van der Waals surface area contributed by atoms with Gasteiger partial charge in [0.15, 0.2) is 0 Å². The fraction of sp³-hybridized carbons (Fsp3) is 0.120. The highest BCUT2D eigenvalue weighted by atomic mass is 16.1. The van der Waals surface area contributed by atoms with Crippen molar-refractivity contribution in [2.45, 2.75) is 19.9 Å². The van der Waals surface area contributed by atoms with Crippen LogP contribution in [0.4, 0.5) is 0 Å². The van der Waals surface area contributed by atoms with Crippen LogP contribution in [-0.4, -0.2) is 9.55 Å².